The van der Waals surface area contributed by atoms with Gasteiger partial charge in [0.15, 0.2) is 0 Å². The van der Waals surface area contributed by atoms with Crippen molar-refractivity contribution in [3.05, 3.63) is 12.2 Å². The Labute approximate surface area is 107 Å². The van der Waals surface area contributed by atoms with Crippen LogP contribution in [0.4, 0.5) is 0 Å². The summed E-state index contributed by atoms with van der Waals surface area (Å²) in [4.78, 5) is 25.7. The van der Waals surface area contributed by atoms with Crippen LogP contribution in [0, 0.1) is 29.6 Å². The first-order valence-corrected chi connectivity index (χ1v) is 7.12. The largest absolute Gasteiger partial charge is 0.274 e. The number of hydrogen-bond donors (Lipinski definition) is 0. The maximum atomic E-state index is 12.1. The van der Waals surface area contributed by atoms with E-state index in [9.17, 15) is 9.59 Å². The Bertz CT molecular complexity index is 469. The molecule has 3 aliphatic carbocycles. The van der Waals surface area contributed by atoms with Gasteiger partial charge in [-0.2, -0.15) is 0 Å². The predicted molar refractivity (Wildman–Crippen MR) is 66.4 cm³/mol. The van der Waals surface area contributed by atoms with Gasteiger partial charge in [-0.1, -0.05) is 6.58 Å². The molecule has 96 valence electrons. The van der Waals surface area contributed by atoms with Gasteiger partial charge in [0.1, 0.15) is 0 Å². The predicted octanol–water partition coefficient (Wildman–Crippen LogP) is 1.98. The van der Waals surface area contributed by atoms with Crippen LogP contribution < -0.4 is 0 Å². The van der Waals surface area contributed by atoms with Crippen LogP contribution in [0.3, 0.4) is 0 Å². The van der Waals surface area contributed by atoms with E-state index >= 15 is 0 Å². The summed E-state index contributed by atoms with van der Waals surface area (Å²) in [6.07, 6.45) is 5.07. The number of amides is 2. The number of imide groups is 1. The number of nitrogens with zero attached hydrogens (tertiary/aromatic N) is 1. The second kappa shape index (κ2) is 3.25. The van der Waals surface area contributed by atoms with Crippen LogP contribution in [0.25, 0.3) is 0 Å². The average Bonchev–Trinajstić information content (AvgIpc) is 2.98. The molecule has 4 aliphatic rings. The molecule has 0 N–H and O–H groups in total. The second-order valence-corrected chi connectivity index (χ2v) is 6.70. The molecule has 3 nitrogen and oxygen atoms in total. The fourth-order valence-electron chi connectivity index (χ4n) is 5.32. The molecule has 0 aromatic heterocycles. The minimum atomic E-state index is -0.135. The third-order valence-corrected chi connectivity index (χ3v) is 5.93. The summed E-state index contributed by atoms with van der Waals surface area (Å²) in [5, 5.41) is 0. The summed E-state index contributed by atoms with van der Waals surface area (Å²) < 4.78 is 0. The maximum Gasteiger partial charge on any atom is 0.255 e. The van der Waals surface area contributed by atoms with Gasteiger partial charge in [-0.15, -0.1) is 0 Å². The summed E-state index contributed by atoms with van der Waals surface area (Å²) in [5.74, 6) is 3.07. The van der Waals surface area contributed by atoms with E-state index in [1.807, 2.05) is 0 Å². The summed E-state index contributed by atoms with van der Waals surface area (Å²) in [6.45, 7) is 5.40. The molecule has 4 fully saturated rings. The highest BCUT2D eigenvalue weighted by atomic mass is 16.2. The lowest BCUT2D eigenvalue weighted by Gasteiger charge is -2.46. The Morgan fingerprint density at radius 2 is 2.00 bits per heavy atom. The number of hydrogen-bond acceptors (Lipinski definition) is 2. The Hall–Kier alpha value is -1.12. The molecule has 1 saturated heterocycles. The van der Waals surface area contributed by atoms with Crippen LogP contribution in [-0.4, -0.2) is 22.8 Å². The van der Waals surface area contributed by atoms with Crippen molar-refractivity contribution in [1.29, 1.82) is 0 Å². The lowest BCUT2D eigenvalue weighted by Crippen LogP contribution is -2.63. The van der Waals surface area contributed by atoms with E-state index in [0.29, 0.717) is 11.5 Å². The zero-order valence-corrected chi connectivity index (χ0v) is 10.8. The Balaban J connectivity index is 1.65. The molecular weight excluding hydrogens is 226 g/mol. The first kappa shape index (κ1) is 10.8. The Morgan fingerprint density at radius 1 is 1.28 bits per heavy atom. The zero-order valence-electron chi connectivity index (χ0n) is 10.8. The van der Waals surface area contributed by atoms with Gasteiger partial charge in [-0.3, -0.25) is 14.5 Å². The highest BCUT2D eigenvalue weighted by Crippen LogP contribution is 2.63. The van der Waals surface area contributed by atoms with Crippen molar-refractivity contribution >= 4 is 11.8 Å². The smallest absolute Gasteiger partial charge is 0.255 e. The lowest BCUT2D eigenvalue weighted by atomic mass is 9.77. The highest BCUT2D eigenvalue weighted by molar-refractivity contribution is 6.08. The molecule has 3 heteroatoms. The minimum absolute atomic E-state index is 0.0711. The van der Waals surface area contributed by atoms with Gasteiger partial charge in [-0.05, 0) is 56.3 Å². The molecule has 18 heavy (non-hydrogen) atoms. The van der Waals surface area contributed by atoms with Crippen LogP contribution in [0.15, 0.2) is 12.2 Å². The van der Waals surface area contributed by atoms with Gasteiger partial charge < -0.3 is 0 Å². The van der Waals surface area contributed by atoms with E-state index in [0.717, 1.165) is 24.2 Å². The number of β-lactam (4-membered cyclic amide) rings is 1. The molecule has 3 saturated carbocycles. The lowest BCUT2D eigenvalue weighted by molar-refractivity contribution is -0.164. The van der Waals surface area contributed by atoms with Crippen molar-refractivity contribution in [2.24, 2.45) is 29.6 Å². The van der Waals surface area contributed by atoms with Crippen LogP contribution in [0.1, 0.15) is 32.6 Å². The number of rotatable bonds is 1. The molecule has 6 unspecified atom stereocenters. The van der Waals surface area contributed by atoms with Crippen LogP contribution in [0.2, 0.25) is 0 Å². The SMILES string of the molecule is C=C(C)C(=O)N1C(=O)C2CC3C4CCC(C4)C3C21. The minimum Gasteiger partial charge on any atom is -0.274 e. The molecule has 0 radical (unpaired) electrons. The van der Waals surface area contributed by atoms with Gasteiger partial charge in [0.05, 0.1) is 12.0 Å². The van der Waals surface area contributed by atoms with Gasteiger partial charge in [-0.25, -0.2) is 0 Å². The number of carbonyl (C=O) groups excluding carboxylic acids is 2. The Kier molecular flexibility index (Phi) is 1.95. The Morgan fingerprint density at radius 3 is 2.72 bits per heavy atom. The van der Waals surface area contributed by atoms with E-state index < -0.39 is 0 Å². The van der Waals surface area contributed by atoms with Crippen LogP contribution in [-0.2, 0) is 9.59 Å². The molecule has 2 bridgehead atoms. The second-order valence-electron chi connectivity index (χ2n) is 6.70. The van der Waals surface area contributed by atoms with Gasteiger partial charge in [0.25, 0.3) is 5.91 Å². The van der Waals surface area contributed by atoms with Crippen LogP contribution in [0.5, 0.6) is 0 Å². The monoisotopic (exact) mass is 245 g/mol. The summed E-state index contributed by atoms with van der Waals surface area (Å²) in [7, 11) is 0. The molecule has 1 heterocycles. The fraction of sp³-hybridized carbons (Fsp3) is 0.733. The zero-order chi connectivity index (χ0) is 12.6. The van der Waals surface area contributed by atoms with Crippen molar-refractivity contribution in [3.63, 3.8) is 0 Å². The highest BCUT2D eigenvalue weighted by Gasteiger charge is 2.66. The van der Waals surface area contributed by atoms with Crippen molar-refractivity contribution in [1.82, 2.24) is 4.90 Å². The number of likely N-dealkylation sites (tertiary alicyclic amines) is 1. The molecule has 1 aliphatic heterocycles. The summed E-state index contributed by atoms with van der Waals surface area (Å²) in [6, 6.07) is 0.224. The van der Waals surface area contributed by atoms with E-state index in [1.165, 1.54) is 19.3 Å². The van der Waals surface area contributed by atoms with Crippen molar-refractivity contribution < 1.29 is 9.59 Å². The van der Waals surface area contributed by atoms with Crippen molar-refractivity contribution in [2.75, 3.05) is 0 Å². The fourth-order valence-corrected chi connectivity index (χ4v) is 5.32. The maximum absolute atomic E-state index is 12.1. The van der Waals surface area contributed by atoms with E-state index in [1.54, 1.807) is 11.8 Å². The van der Waals surface area contributed by atoms with Gasteiger partial charge >= 0.3 is 0 Å². The van der Waals surface area contributed by atoms with Crippen molar-refractivity contribution in [3.8, 4) is 0 Å². The molecule has 6 atom stereocenters. The molecule has 4 rings (SSSR count). The topological polar surface area (TPSA) is 37.4 Å². The summed E-state index contributed by atoms with van der Waals surface area (Å²) >= 11 is 0. The molecule has 0 spiro atoms. The van der Waals surface area contributed by atoms with Gasteiger partial charge in [0, 0.05) is 5.57 Å². The normalized spacial score (nSPS) is 47.8. The van der Waals surface area contributed by atoms with E-state index in [2.05, 4.69) is 6.58 Å². The van der Waals surface area contributed by atoms with E-state index in [4.69, 9.17) is 0 Å². The first-order chi connectivity index (χ1) is 8.59. The molecule has 2 amide bonds. The van der Waals surface area contributed by atoms with Crippen molar-refractivity contribution in [2.45, 2.75) is 38.6 Å². The molecular formula is C15H19NO2. The first-order valence-electron chi connectivity index (χ1n) is 7.12. The van der Waals surface area contributed by atoms with E-state index in [-0.39, 0.29) is 23.8 Å². The third kappa shape index (κ3) is 1.07. The summed E-state index contributed by atoms with van der Waals surface area (Å²) in [5.41, 5.74) is 0.494. The quantitative estimate of drug-likeness (QED) is 0.523. The number of fused-ring (bicyclic) bond motifs is 7. The third-order valence-electron chi connectivity index (χ3n) is 5.93. The van der Waals surface area contributed by atoms with Crippen LogP contribution >= 0.6 is 0 Å². The molecule has 0 aromatic carbocycles. The molecule has 0 aromatic rings. The average molecular weight is 245 g/mol. The van der Waals surface area contributed by atoms with Gasteiger partial charge in [0.2, 0.25) is 5.91 Å². The number of carbonyl (C=O) groups is 2. The standard InChI is InChI=1S/C15H19NO2/c1-7(2)14(17)16-13-11(15(16)18)6-10-8-3-4-9(5-8)12(10)13/h8-13H,1,3-6H2,2H3.